The molecule has 2 aliphatic heterocycles. The minimum atomic E-state index is -0.139. The van der Waals surface area contributed by atoms with Gasteiger partial charge in [-0.05, 0) is 61.2 Å². The molecule has 0 spiro atoms. The number of nitrogens with zero attached hydrogens (tertiary/aromatic N) is 1. The molecule has 0 atom stereocenters. The number of hydrogen-bond donors (Lipinski definition) is 1. The molecule has 2 aliphatic rings. The molecular formula is C16H21FN2. The van der Waals surface area contributed by atoms with Gasteiger partial charge < -0.3 is 10.2 Å². The van der Waals surface area contributed by atoms with E-state index in [1.165, 1.54) is 30.4 Å². The van der Waals surface area contributed by atoms with Crippen LogP contribution >= 0.6 is 0 Å². The standard InChI is InChI=1S/C16H21FN2/c17-16-3-1-14(2-4-16)15-6-9-19(10-7-15)12-13-5-8-18-11-13/h1-4,12,15,18H,5-11H2/b13-12-. The van der Waals surface area contributed by atoms with Gasteiger partial charge in [0.25, 0.3) is 0 Å². The van der Waals surface area contributed by atoms with Crippen molar-refractivity contribution >= 4 is 0 Å². The Morgan fingerprint density at radius 1 is 1.16 bits per heavy atom. The fraction of sp³-hybridized carbons (Fsp3) is 0.500. The van der Waals surface area contributed by atoms with Crippen LogP contribution < -0.4 is 5.32 Å². The first-order valence-electron chi connectivity index (χ1n) is 7.21. The SMILES string of the molecule is Fc1ccc(C2CCN(/C=C3/CCNC3)CC2)cc1. The molecule has 2 heterocycles. The van der Waals surface area contributed by atoms with Gasteiger partial charge >= 0.3 is 0 Å². The van der Waals surface area contributed by atoms with Gasteiger partial charge in [-0.15, -0.1) is 0 Å². The number of nitrogens with one attached hydrogen (secondary N) is 1. The Hall–Kier alpha value is -1.35. The zero-order valence-corrected chi connectivity index (χ0v) is 11.2. The number of likely N-dealkylation sites (tertiary alicyclic amines) is 1. The van der Waals surface area contributed by atoms with Crippen LogP contribution in [0.5, 0.6) is 0 Å². The second-order valence-electron chi connectivity index (χ2n) is 5.58. The van der Waals surface area contributed by atoms with Crippen LogP contribution in [-0.4, -0.2) is 31.1 Å². The second-order valence-corrected chi connectivity index (χ2v) is 5.58. The van der Waals surface area contributed by atoms with Crippen molar-refractivity contribution in [3.8, 4) is 0 Å². The van der Waals surface area contributed by atoms with E-state index in [-0.39, 0.29) is 5.82 Å². The van der Waals surface area contributed by atoms with Gasteiger partial charge in [-0.25, -0.2) is 4.39 Å². The second kappa shape index (κ2) is 5.74. The molecule has 1 N–H and O–H groups in total. The molecule has 0 radical (unpaired) electrons. The topological polar surface area (TPSA) is 15.3 Å². The minimum Gasteiger partial charge on any atom is -0.377 e. The van der Waals surface area contributed by atoms with Gasteiger partial charge in [-0.3, -0.25) is 0 Å². The summed E-state index contributed by atoms with van der Waals surface area (Å²) in [6.07, 6.45) is 5.88. The Kier molecular flexibility index (Phi) is 3.83. The maximum atomic E-state index is 12.9. The van der Waals surface area contributed by atoms with E-state index >= 15 is 0 Å². The Morgan fingerprint density at radius 2 is 1.89 bits per heavy atom. The van der Waals surface area contributed by atoms with E-state index in [0.717, 1.165) is 26.2 Å². The van der Waals surface area contributed by atoms with Gasteiger partial charge in [-0.1, -0.05) is 12.1 Å². The molecule has 3 heteroatoms. The number of rotatable bonds is 2. The van der Waals surface area contributed by atoms with E-state index in [0.29, 0.717) is 5.92 Å². The van der Waals surface area contributed by atoms with Crippen molar-refractivity contribution < 1.29 is 4.39 Å². The van der Waals surface area contributed by atoms with Crippen molar-refractivity contribution in [2.45, 2.75) is 25.2 Å². The summed E-state index contributed by atoms with van der Waals surface area (Å²) in [6.45, 7) is 4.41. The van der Waals surface area contributed by atoms with E-state index in [9.17, 15) is 4.39 Å². The van der Waals surface area contributed by atoms with Crippen LogP contribution in [0, 0.1) is 5.82 Å². The number of piperidine rings is 1. The Balaban J connectivity index is 1.57. The summed E-state index contributed by atoms with van der Waals surface area (Å²) in [5.74, 6) is 0.455. The summed E-state index contributed by atoms with van der Waals surface area (Å²) < 4.78 is 12.9. The fourth-order valence-electron chi connectivity index (χ4n) is 3.05. The van der Waals surface area contributed by atoms with E-state index in [4.69, 9.17) is 0 Å². The molecule has 2 fully saturated rings. The van der Waals surface area contributed by atoms with Crippen LogP contribution in [0.3, 0.4) is 0 Å². The van der Waals surface area contributed by atoms with Crippen molar-refractivity contribution in [1.82, 2.24) is 10.2 Å². The highest BCUT2D eigenvalue weighted by Crippen LogP contribution is 2.28. The lowest BCUT2D eigenvalue weighted by molar-refractivity contribution is 0.282. The largest absolute Gasteiger partial charge is 0.377 e. The third kappa shape index (κ3) is 3.16. The zero-order valence-electron chi connectivity index (χ0n) is 11.2. The molecule has 2 nitrogen and oxygen atoms in total. The summed E-state index contributed by atoms with van der Waals surface area (Å²) >= 11 is 0. The maximum Gasteiger partial charge on any atom is 0.123 e. The number of halogens is 1. The molecule has 1 aromatic rings. The highest BCUT2D eigenvalue weighted by atomic mass is 19.1. The van der Waals surface area contributed by atoms with Gasteiger partial charge in [-0.2, -0.15) is 0 Å². The average molecular weight is 260 g/mol. The van der Waals surface area contributed by atoms with Crippen molar-refractivity contribution in [2.24, 2.45) is 0 Å². The lowest BCUT2D eigenvalue weighted by atomic mass is 9.89. The molecular weight excluding hydrogens is 239 g/mol. The third-order valence-corrected chi connectivity index (χ3v) is 4.21. The Bertz CT molecular complexity index is 436. The van der Waals surface area contributed by atoms with Crippen LogP contribution in [0.15, 0.2) is 36.0 Å². The van der Waals surface area contributed by atoms with Crippen LogP contribution in [-0.2, 0) is 0 Å². The van der Waals surface area contributed by atoms with Crippen molar-refractivity contribution in [3.63, 3.8) is 0 Å². The zero-order chi connectivity index (χ0) is 13.1. The summed E-state index contributed by atoms with van der Waals surface area (Å²) in [7, 11) is 0. The van der Waals surface area contributed by atoms with Crippen molar-refractivity contribution in [2.75, 3.05) is 26.2 Å². The molecule has 0 saturated carbocycles. The number of benzene rings is 1. The van der Waals surface area contributed by atoms with Gasteiger partial charge in [0.2, 0.25) is 0 Å². The monoisotopic (exact) mass is 260 g/mol. The third-order valence-electron chi connectivity index (χ3n) is 4.21. The fourth-order valence-corrected chi connectivity index (χ4v) is 3.05. The maximum absolute atomic E-state index is 12.9. The quantitative estimate of drug-likeness (QED) is 0.879. The van der Waals surface area contributed by atoms with E-state index in [2.05, 4.69) is 16.4 Å². The van der Waals surface area contributed by atoms with Gasteiger partial charge in [0, 0.05) is 19.6 Å². The predicted octanol–water partition coefficient (Wildman–Crippen LogP) is 2.88. The normalized spacial score (nSPS) is 23.2. The van der Waals surface area contributed by atoms with Crippen LogP contribution in [0.4, 0.5) is 4.39 Å². The van der Waals surface area contributed by atoms with Crippen LogP contribution in [0.25, 0.3) is 0 Å². The van der Waals surface area contributed by atoms with E-state index in [1.807, 2.05) is 12.1 Å². The van der Waals surface area contributed by atoms with Crippen molar-refractivity contribution in [3.05, 3.63) is 47.4 Å². The highest BCUT2D eigenvalue weighted by molar-refractivity contribution is 5.21. The highest BCUT2D eigenvalue weighted by Gasteiger charge is 2.19. The molecule has 0 aliphatic carbocycles. The van der Waals surface area contributed by atoms with Crippen molar-refractivity contribution in [1.29, 1.82) is 0 Å². The van der Waals surface area contributed by atoms with Gasteiger partial charge in [0.15, 0.2) is 0 Å². The molecule has 0 aromatic heterocycles. The van der Waals surface area contributed by atoms with Gasteiger partial charge in [0.05, 0.1) is 0 Å². The molecule has 3 rings (SSSR count). The first-order chi connectivity index (χ1) is 9.31. The smallest absolute Gasteiger partial charge is 0.123 e. The molecule has 1 aromatic carbocycles. The molecule has 2 saturated heterocycles. The van der Waals surface area contributed by atoms with Gasteiger partial charge in [0.1, 0.15) is 5.82 Å². The lowest BCUT2D eigenvalue weighted by Gasteiger charge is -2.31. The summed E-state index contributed by atoms with van der Waals surface area (Å²) in [5.41, 5.74) is 2.82. The summed E-state index contributed by atoms with van der Waals surface area (Å²) in [4.78, 5) is 2.45. The summed E-state index contributed by atoms with van der Waals surface area (Å²) in [5, 5.41) is 3.37. The molecule has 19 heavy (non-hydrogen) atoms. The lowest BCUT2D eigenvalue weighted by Crippen LogP contribution is -2.29. The first kappa shape index (κ1) is 12.7. The minimum absolute atomic E-state index is 0.139. The molecule has 0 amide bonds. The van der Waals surface area contributed by atoms with E-state index in [1.54, 1.807) is 12.1 Å². The average Bonchev–Trinajstić information content (AvgIpc) is 2.94. The predicted molar refractivity (Wildman–Crippen MR) is 75.5 cm³/mol. The van der Waals surface area contributed by atoms with Crippen LogP contribution in [0.2, 0.25) is 0 Å². The summed E-state index contributed by atoms with van der Waals surface area (Å²) in [6, 6.07) is 7.03. The first-order valence-corrected chi connectivity index (χ1v) is 7.21. The van der Waals surface area contributed by atoms with E-state index < -0.39 is 0 Å². The molecule has 102 valence electrons. The number of hydrogen-bond acceptors (Lipinski definition) is 2. The molecule has 0 bridgehead atoms. The molecule has 0 unspecified atom stereocenters. The Morgan fingerprint density at radius 3 is 2.53 bits per heavy atom. The Labute approximate surface area is 114 Å². The van der Waals surface area contributed by atoms with Crippen LogP contribution in [0.1, 0.15) is 30.7 Å².